The van der Waals surface area contributed by atoms with Crippen LogP contribution in [-0.2, 0) is 34.2 Å². The summed E-state index contributed by atoms with van der Waals surface area (Å²) in [5.74, 6) is -3.21. The predicted molar refractivity (Wildman–Crippen MR) is 213 cm³/mol. The van der Waals surface area contributed by atoms with E-state index >= 15 is 0 Å². The summed E-state index contributed by atoms with van der Waals surface area (Å²) in [4.78, 5) is 60.9. The molecule has 0 unspecified atom stereocenters. The Morgan fingerprint density at radius 1 is 0.474 bits per heavy atom. The maximum absolute atomic E-state index is 11.9. The van der Waals surface area contributed by atoms with E-state index in [4.69, 9.17) is 48.8 Å². The fourth-order valence-electron chi connectivity index (χ4n) is 3.82. The van der Waals surface area contributed by atoms with E-state index in [0.717, 1.165) is 47.6 Å². The minimum absolute atomic E-state index is 0.224. The highest BCUT2D eigenvalue weighted by Gasteiger charge is 2.35. The lowest BCUT2D eigenvalue weighted by atomic mass is 9.76. The van der Waals surface area contributed by atoms with Crippen LogP contribution in [0.15, 0.2) is 100 Å². The zero-order valence-corrected chi connectivity index (χ0v) is 33.0. The number of rotatable bonds is 18. The van der Waals surface area contributed by atoms with Gasteiger partial charge < -0.3 is 48.8 Å². The van der Waals surface area contributed by atoms with Crippen LogP contribution in [-0.4, -0.2) is 82.7 Å². The molecule has 2 aromatic carbocycles. The molecule has 0 fully saturated rings. The lowest BCUT2D eigenvalue weighted by Crippen LogP contribution is -2.23. The van der Waals surface area contributed by atoms with E-state index in [1.165, 1.54) is 0 Å². The number of esters is 2. The SMILES string of the molecule is C=CC(=O)O.C=CC(=O)O.C=CC(=O)O.C=CC(=O)O.C=CC(=O)Oc1ccc(C(C)(C)c2ccc(OC(=O)C=C)c(OCC)c2OCC)c(OCC)c1OCC. The van der Waals surface area contributed by atoms with Crippen molar-refractivity contribution in [2.24, 2.45) is 0 Å². The van der Waals surface area contributed by atoms with Crippen molar-refractivity contribution in [2.45, 2.75) is 47.0 Å². The van der Waals surface area contributed by atoms with Gasteiger partial charge in [0.2, 0.25) is 11.5 Å². The van der Waals surface area contributed by atoms with Crippen molar-refractivity contribution in [1.29, 1.82) is 0 Å². The third kappa shape index (κ3) is 21.4. The summed E-state index contributed by atoms with van der Waals surface area (Å²) in [6.45, 7) is 31.5. The van der Waals surface area contributed by atoms with Crippen LogP contribution in [0, 0.1) is 0 Å². The molecule has 0 aliphatic carbocycles. The summed E-state index contributed by atoms with van der Waals surface area (Å²) < 4.78 is 34.7. The van der Waals surface area contributed by atoms with Gasteiger partial charge in [0.1, 0.15) is 0 Å². The second-order valence-electron chi connectivity index (χ2n) is 10.3. The standard InChI is InChI=1S/C29H36O8.4C3H4O2/c1-9-23(30)36-21-17-15-19(25(32-11-3)27(21)34-13-5)29(7,8)20-16-18-22(37-24(31)10-2)28(35-14-6)26(20)33-12-4;4*1-2-3(4)5/h9-10,15-18H,1-2,11-14H2,3-8H3;4*2H,1H2,(H,4,5). The lowest BCUT2D eigenvalue weighted by Gasteiger charge is -2.32. The maximum atomic E-state index is 11.9. The summed E-state index contributed by atoms with van der Waals surface area (Å²) in [6, 6.07) is 6.97. The molecule has 57 heavy (non-hydrogen) atoms. The van der Waals surface area contributed by atoms with E-state index in [0.29, 0.717) is 49.4 Å². The first-order valence-electron chi connectivity index (χ1n) is 16.7. The molecule has 16 heteroatoms. The van der Waals surface area contributed by atoms with Gasteiger partial charge in [-0.05, 0) is 39.8 Å². The molecule has 4 N–H and O–H groups in total. The molecule has 0 saturated heterocycles. The van der Waals surface area contributed by atoms with Crippen molar-refractivity contribution >= 4 is 35.8 Å². The van der Waals surface area contributed by atoms with Crippen molar-refractivity contribution in [3.8, 4) is 34.5 Å². The van der Waals surface area contributed by atoms with Crippen LogP contribution in [0.1, 0.15) is 52.7 Å². The van der Waals surface area contributed by atoms with Crippen LogP contribution < -0.4 is 28.4 Å². The minimum atomic E-state index is -0.981. The number of carboxylic acids is 4. The monoisotopic (exact) mass is 800 g/mol. The Balaban J connectivity index is -0.00000119. The van der Waals surface area contributed by atoms with Gasteiger partial charge in [-0.15, -0.1) is 0 Å². The normalized spacial score (nSPS) is 9.23. The molecule has 0 heterocycles. The summed E-state index contributed by atoms with van der Waals surface area (Å²) in [5, 5.41) is 30.4. The third-order valence-electron chi connectivity index (χ3n) is 6.11. The quantitative estimate of drug-likeness (QED) is 0.0687. The van der Waals surface area contributed by atoms with E-state index in [2.05, 4.69) is 39.5 Å². The topological polar surface area (TPSA) is 239 Å². The van der Waals surface area contributed by atoms with Crippen molar-refractivity contribution in [3.63, 3.8) is 0 Å². The number of hydrogen-bond acceptors (Lipinski definition) is 12. The number of carboxylic acid groups (broad SMARTS) is 4. The number of carbonyl (C=O) groups is 6. The molecule has 312 valence electrons. The highest BCUT2D eigenvalue weighted by atomic mass is 16.6. The van der Waals surface area contributed by atoms with Crippen LogP contribution >= 0.6 is 0 Å². The van der Waals surface area contributed by atoms with Gasteiger partial charge in [-0.25, -0.2) is 28.8 Å². The average molecular weight is 801 g/mol. The number of ether oxygens (including phenoxy) is 6. The number of benzene rings is 2. The summed E-state index contributed by atoms with van der Waals surface area (Å²) >= 11 is 0. The summed E-state index contributed by atoms with van der Waals surface area (Å²) in [7, 11) is 0. The number of hydrogen-bond donors (Lipinski definition) is 4. The molecule has 0 amide bonds. The molecular weight excluding hydrogens is 748 g/mol. The Labute approximate surface area is 332 Å². The lowest BCUT2D eigenvalue weighted by molar-refractivity contribution is -0.132. The van der Waals surface area contributed by atoms with Gasteiger partial charge in [-0.3, -0.25) is 0 Å². The molecule has 0 atom stereocenters. The smallest absolute Gasteiger partial charge is 0.335 e. The molecule has 0 radical (unpaired) electrons. The van der Waals surface area contributed by atoms with Crippen LogP contribution in [0.5, 0.6) is 34.5 Å². The van der Waals surface area contributed by atoms with E-state index in [1.807, 2.05) is 53.7 Å². The van der Waals surface area contributed by atoms with Crippen LogP contribution in [0.4, 0.5) is 0 Å². The summed E-state index contributed by atoms with van der Waals surface area (Å²) in [5.41, 5.74) is 0.792. The second kappa shape index (κ2) is 30.3. The Morgan fingerprint density at radius 3 is 0.895 bits per heavy atom. The van der Waals surface area contributed by atoms with Crippen LogP contribution in [0.3, 0.4) is 0 Å². The molecular formula is C41H52O16. The molecule has 2 aromatic rings. The number of aliphatic carboxylic acids is 4. The Morgan fingerprint density at radius 2 is 0.702 bits per heavy atom. The van der Waals surface area contributed by atoms with Gasteiger partial charge >= 0.3 is 35.8 Å². The maximum Gasteiger partial charge on any atom is 0.335 e. The molecule has 0 aromatic heterocycles. The van der Waals surface area contributed by atoms with E-state index < -0.39 is 41.2 Å². The van der Waals surface area contributed by atoms with Gasteiger partial charge in [0.05, 0.1) is 26.4 Å². The van der Waals surface area contributed by atoms with Crippen molar-refractivity contribution < 1.29 is 77.6 Å². The minimum Gasteiger partial charge on any atom is -0.490 e. The molecule has 2 rings (SSSR count). The number of carbonyl (C=O) groups excluding carboxylic acids is 2. The average Bonchev–Trinajstić information content (AvgIpc) is 3.17. The zero-order valence-electron chi connectivity index (χ0n) is 33.0. The molecule has 0 saturated carbocycles. The second-order valence-corrected chi connectivity index (χ2v) is 10.3. The van der Waals surface area contributed by atoms with Crippen LogP contribution in [0.25, 0.3) is 0 Å². The Kier molecular flexibility index (Phi) is 28.8. The first-order valence-corrected chi connectivity index (χ1v) is 16.7. The van der Waals surface area contributed by atoms with E-state index in [1.54, 1.807) is 12.1 Å². The third-order valence-corrected chi connectivity index (χ3v) is 6.11. The van der Waals surface area contributed by atoms with Crippen LogP contribution in [0.2, 0.25) is 0 Å². The first-order chi connectivity index (χ1) is 26.8. The highest BCUT2D eigenvalue weighted by Crippen LogP contribution is 2.52. The fourth-order valence-corrected chi connectivity index (χ4v) is 3.82. The van der Waals surface area contributed by atoms with Gasteiger partial charge in [0, 0.05) is 53.0 Å². The fraction of sp³-hybridized carbons (Fsp3) is 0.268. The zero-order chi connectivity index (χ0) is 44.7. The van der Waals surface area contributed by atoms with Crippen molar-refractivity contribution in [2.75, 3.05) is 26.4 Å². The molecule has 0 spiro atoms. The first kappa shape index (κ1) is 54.2. The van der Waals surface area contributed by atoms with Gasteiger partial charge in [-0.1, -0.05) is 65.5 Å². The summed E-state index contributed by atoms with van der Waals surface area (Å²) in [6.07, 6.45) is 5.50. The Hall–Kier alpha value is -7.10. The van der Waals surface area contributed by atoms with E-state index in [9.17, 15) is 28.8 Å². The highest BCUT2D eigenvalue weighted by molar-refractivity contribution is 5.85. The van der Waals surface area contributed by atoms with Gasteiger partial charge in [0.25, 0.3) is 0 Å². The molecule has 0 aliphatic heterocycles. The van der Waals surface area contributed by atoms with E-state index in [-0.39, 0.29) is 11.5 Å². The molecule has 0 aliphatic rings. The molecule has 16 nitrogen and oxygen atoms in total. The van der Waals surface area contributed by atoms with Crippen molar-refractivity contribution in [1.82, 2.24) is 0 Å². The van der Waals surface area contributed by atoms with Crippen molar-refractivity contribution in [3.05, 3.63) is 111 Å². The van der Waals surface area contributed by atoms with Gasteiger partial charge in [-0.2, -0.15) is 0 Å². The largest absolute Gasteiger partial charge is 0.490 e. The predicted octanol–water partition coefficient (Wildman–Crippen LogP) is 6.82. The Bertz CT molecular complexity index is 1560. The van der Waals surface area contributed by atoms with Gasteiger partial charge in [0.15, 0.2) is 23.0 Å². The molecule has 0 bridgehead atoms.